The number of nitriles is 2. The molecule has 1 rings (SSSR count). The zero-order valence-corrected chi connectivity index (χ0v) is 7.83. The predicted octanol–water partition coefficient (Wildman–Crippen LogP) is 2.08. The van der Waals surface area contributed by atoms with Gasteiger partial charge in [0.05, 0.1) is 12.1 Å². The van der Waals surface area contributed by atoms with E-state index in [1.54, 1.807) is 0 Å². The minimum atomic E-state index is 0.317. The van der Waals surface area contributed by atoms with E-state index in [0.717, 1.165) is 17.7 Å². The minimum absolute atomic E-state index is 0.317. The molecule has 0 heterocycles. The van der Waals surface area contributed by atoms with E-state index in [1.165, 1.54) is 0 Å². The van der Waals surface area contributed by atoms with Gasteiger partial charge in [-0.05, 0) is 24.1 Å². The Balaban J connectivity index is 2.52. The van der Waals surface area contributed by atoms with Gasteiger partial charge >= 0.3 is 0 Å². The lowest BCUT2D eigenvalue weighted by Gasteiger charge is -2.02. The quantitative estimate of drug-likeness (QED) is 0.730. The molecule has 0 fully saturated rings. The third-order valence-electron chi connectivity index (χ3n) is 1.85. The van der Waals surface area contributed by atoms with Crippen LogP contribution in [0.1, 0.15) is 12.0 Å². The number of hydrogen-bond donors (Lipinski definition) is 1. The smallest absolute Gasteiger partial charge is 0.103 e. The maximum absolute atomic E-state index is 8.40. The summed E-state index contributed by atoms with van der Waals surface area (Å²) in [4.78, 5) is 0. The molecule has 0 bridgehead atoms. The zero-order chi connectivity index (χ0) is 10.2. The van der Waals surface area contributed by atoms with E-state index in [-0.39, 0.29) is 0 Å². The normalized spacial score (nSPS) is 8.71. The molecule has 3 heteroatoms. The van der Waals surface area contributed by atoms with E-state index in [2.05, 4.69) is 11.4 Å². The number of benzene rings is 1. The summed E-state index contributed by atoms with van der Waals surface area (Å²) in [5, 5.41) is 19.7. The first kappa shape index (κ1) is 10.1. The van der Waals surface area contributed by atoms with Crippen LogP contribution >= 0.6 is 0 Å². The summed E-state index contributed by atoms with van der Waals surface area (Å²) < 4.78 is 0. The Morgan fingerprint density at radius 2 is 1.79 bits per heavy atom. The van der Waals surface area contributed by atoms with Gasteiger partial charge in [-0.1, -0.05) is 12.1 Å². The lowest BCUT2D eigenvalue weighted by Crippen LogP contribution is -1.97. The van der Waals surface area contributed by atoms with Crippen molar-refractivity contribution in [1.82, 2.24) is 0 Å². The highest BCUT2D eigenvalue weighted by molar-refractivity contribution is 5.45. The standard InChI is InChI=1S/C11H11N3/c12-7-1-2-10-3-5-11(6-4-10)14-9-8-13/h3-6,14H,1-2,9H2. The van der Waals surface area contributed by atoms with E-state index < -0.39 is 0 Å². The highest BCUT2D eigenvalue weighted by atomic mass is 14.9. The van der Waals surface area contributed by atoms with Crippen LogP contribution in [0.4, 0.5) is 5.69 Å². The van der Waals surface area contributed by atoms with Crippen molar-refractivity contribution in [3.8, 4) is 12.1 Å². The molecule has 0 spiro atoms. The Morgan fingerprint density at radius 1 is 1.07 bits per heavy atom. The second-order valence-electron chi connectivity index (χ2n) is 2.87. The fourth-order valence-electron chi connectivity index (χ4n) is 1.13. The van der Waals surface area contributed by atoms with Gasteiger partial charge < -0.3 is 5.32 Å². The van der Waals surface area contributed by atoms with Gasteiger partial charge in [0.25, 0.3) is 0 Å². The number of hydrogen-bond acceptors (Lipinski definition) is 3. The average Bonchev–Trinajstić information content (AvgIpc) is 2.25. The molecule has 1 aromatic carbocycles. The van der Waals surface area contributed by atoms with Crippen LogP contribution in [0.3, 0.4) is 0 Å². The van der Waals surface area contributed by atoms with Gasteiger partial charge in [0.1, 0.15) is 6.54 Å². The Hall–Kier alpha value is -2.00. The van der Waals surface area contributed by atoms with Gasteiger partial charge in [0.15, 0.2) is 0 Å². The molecular formula is C11H11N3. The maximum atomic E-state index is 8.40. The SMILES string of the molecule is N#CCCc1ccc(NCC#N)cc1. The monoisotopic (exact) mass is 185 g/mol. The lowest BCUT2D eigenvalue weighted by atomic mass is 10.1. The van der Waals surface area contributed by atoms with E-state index in [0.29, 0.717) is 13.0 Å². The maximum Gasteiger partial charge on any atom is 0.103 e. The van der Waals surface area contributed by atoms with E-state index >= 15 is 0 Å². The van der Waals surface area contributed by atoms with Crippen molar-refractivity contribution < 1.29 is 0 Å². The molecule has 0 saturated carbocycles. The van der Waals surface area contributed by atoms with E-state index in [4.69, 9.17) is 10.5 Å². The first-order chi connectivity index (χ1) is 6.86. The predicted molar refractivity (Wildman–Crippen MR) is 54.5 cm³/mol. The highest BCUT2D eigenvalue weighted by Crippen LogP contribution is 2.10. The first-order valence-electron chi connectivity index (χ1n) is 4.43. The number of anilines is 1. The van der Waals surface area contributed by atoms with Crippen molar-refractivity contribution in [2.24, 2.45) is 0 Å². The second-order valence-corrected chi connectivity index (χ2v) is 2.87. The summed E-state index contributed by atoms with van der Waals surface area (Å²) in [6.45, 7) is 0.317. The van der Waals surface area contributed by atoms with Crippen LogP contribution in [-0.2, 0) is 6.42 Å². The van der Waals surface area contributed by atoms with Crippen LogP contribution < -0.4 is 5.32 Å². The Bertz CT molecular complexity index is 317. The molecule has 0 aromatic heterocycles. The van der Waals surface area contributed by atoms with Gasteiger partial charge in [-0.25, -0.2) is 0 Å². The lowest BCUT2D eigenvalue weighted by molar-refractivity contribution is 1.01. The highest BCUT2D eigenvalue weighted by Gasteiger charge is 1.93. The first-order valence-corrected chi connectivity index (χ1v) is 4.43. The molecule has 0 radical (unpaired) electrons. The number of nitrogens with one attached hydrogen (secondary N) is 1. The molecule has 0 saturated heterocycles. The zero-order valence-electron chi connectivity index (χ0n) is 7.83. The minimum Gasteiger partial charge on any atom is -0.372 e. The number of aryl methyl sites for hydroxylation is 1. The number of rotatable bonds is 4. The molecule has 3 nitrogen and oxygen atoms in total. The molecule has 0 aliphatic heterocycles. The molecule has 14 heavy (non-hydrogen) atoms. The molecule has 0 unspecified atom stereocenters. The van der Waals surface area contributed by atoms with Crippen molar-refractivity contribution >= 4 is 5.69 Å². The van der Waals surface area contributed by atoms with Crippen LogP contribution in [-0.4, -0.2) is 6.54 Å². The molecule has 0 amide bonds. The summed E-state index contributed by atoms with van der Waals surface area (Å²) in [5.41, 5.74) is 2.08. The molecule has 1 aromatic rings. The van der Waals surface area contributed by atoms with Crippen LogP contribution in [0.15, 0.2) is 24.3 Å². The van der Waals surface area contributed by atoms with Crippen molar-refractivity contribution in [1.29, 1.82) is 10.5 Å². The van der Waals surface area contributed by atoms with Gasteiger partial charge in [-0.15, -0.1) is 0 Å². The second kappa shape index (κ2) is 5.61. The largest absolute Gasteiger partial charge is 0.372 e. The summed E-state index contributed by atoms with van der Waals surface area (Å²) in [6, 6.07) is 11.9. The summed E-state index contributed by atoms with van der Waals surface area (Å²) in [5.74, 6) is 0. The Kier molecular flexibility index (Phi) is 4.04. The molecule has 0 atom stereocenters. The molecular weight excluding hydrogens is 174 g/mol. The summed E-state index contributed by atoms with van der Waals surface area (Å²) in [6.07, 6.45) is 1.33. The number of nitrogens with zero attached hydrogens (tertiary/aromatic N) is 2. The fraction of sp³-hybridized carbons (Fsp3) is 0.273. The van der Waals surface area contributed by atoms with Crippen molar-refractivity contribution in [2.75, 3.05) is 11.9 Å². The van der Waals surface area contributed by atoms with Crippen molar-refractivity contribution in [3.63, 3.8) is 0 Å². The van der Waals surface area contributed by atoms with Crippen LogP contribution in [0, 0.1) is 22.7 Å². The third kappa shape index (κ3) is 3.16. The molecule has 70 valence electrons. The van der Waals surface area contributed by atoms with E-state index in [1.807, 2.05) is 30.3 Å². The molecule has 0 aliphatic carbocycles. The van der Waals surface area contributed by atoms with Gasteiger partial charge in [-0.3, -0.25) is 0 Å². The Morgan fingerprint density at radius 3 is 2.36 bits per heavy atom. The fourth-order valence-corrected chi connectivity index (χ4v) is 1.13. The van der Waals surface area contributed by atoms with E-state index in [9.17, 15) is 0 Å². The van der Waals surface area contributed by atoms with Crippen molar-refractivity contribution in [2.45, 2.75) is 12.8 Å². The van der Waals surface area contributed by atoms with Gasteiger partial charge in [0.2, 0.25) is 0 Å². The topological polar surface area (TPSA) is 59.6 Å². The third-order valence-corrected chi connectivity index (χ3v) is 1.85. The van der Waals surface area contributed by atoms with Gasteiger partial charge in [0, 0.05) is 12.1 Å². The molecule has 0 aliphatic rings. The van der Waals surface area contributed by atoms with Crippen LogP contribution in [0.25, 0.3) is 0 Å². The van der Waals surface area contributed by atoms with Gasteiger partial charge in [-0.2, -0.15) is 10.5 Å². The summed E-state index contributed by atoms with van der Waals surface area (Å²) >= 11 is 0. The average molecular weight is 185 g/mol. The summed E-state index contributed by atoms with van der Waals surface area (Å²) in [7, 11) is 0. The van der Waals surface area contributed by atoms with Crippen LogP contribution in [0.2, 0.25) is 0 Å². The van der Waals surface area contributed by atoms with Crippen LogP contribution in [0.5, 0.6) is 0 Å². The molecule has 1 N–H and O–H groups in total. The van der Waals surface area contributed by atoms with Crippen molar-refractivity contribution in [3.05, 3.63) is 29.8 Å². The Labute approximate surface area is 83.6 Å².